The topological polar surface area (TPSA) is 79.0 Å². The summed E-state index contributed by atoms with van der Waals surface area (Å²) in [6, 6.07) is 6.15. The Morgan fingerprint density at radius 1 is 1.26 bits per heavy atom. The monoisotopic (exact) mass is 280 g/mol. The maximum atomic E-state index is 12.0. The van der Waals surface area contributed by atoms with Gasteiger partial charge < -0.3 is 4.98 Å². The Morgan fingerprint density at radius 3 is 2.68 bits per heavy atom. The van der Waals surface area contributed by atoms with Crippen molar-refractivity contribution in [2.24, 2.45) is 0 Å². The summed E-state index contributed by atoms with van der Waals surface area (Å²) in [5, 5.41) is 0.735. The van der Waals surface area contributed by atoms with Crippen molar-refractivity contribution in [1.82, 2.24) is 9.71 Å². The molecule has 6 heteroatoms. The Bertz CT molecular complexity index is 763. The molecule has 2 rings (SSSR count). The molecule has 0 amide bonds. The minimum atomic E-state index is -3.48. The average molecular weight is 280 g/mol. The predicted molar refractivity (Wildman–Crippen MR) is 74.8 cm³/mol. The number of hydrogen-bond donors (Lipinski definition) is 2. The molecule has 2 N–H and O–H groups in total. The number of pyridine rings is 1. The molecule has 1 aromatic heterocycles. The van der Waals surface area contributed by atoms with Crippen molar-refractivity contribution in [2.75, 3.05) is 6.54 Å². The Kier molecular flexibility index (Phi) is 3.73. The summed E-state index contributed by atoms with van der Waals surface area (Å²) >= 11 is 0. The molecule has 0 atom stereocenters. The zero-order valence-corrected chi connectivity index (χ0v) is 11.7. The van der Waals surface area contributed by atoms with Crippen molar-refractivity contribution < 1.29 is 8.42 Å². The third-order valence-electron chi connectivity index (χ3n) is 2.87. The van der Waals surface area contributed by atoms with E-state index in [1.165, 1.54) is 12.1 Å². The molecule has 2 aromatic rings. The highest BCUT2D eigenvalue weighted by molar-refractivity contribution is 7.89. The molecule has 0 aliphatic heterocycles. The van der Waals surface area contributed by atoms with Gasteiger partial charge in [0, 0.05) is 23.5 Å². The first-order valence-corrected chi connectivity index (χ1v) is 7.55. The Hall–Kier alpha value is -1.66. The number of rotatable bonds is 4. The number of aryl methyl sites for hydroxylation is 1. The van der Waals surface area contributed by atoms with Crippen LogP contribution in [0.2, 0.25) is 0 Å². The van der Waals surface area contributed by atoms with Crippen LogP contribution in [0.3, 0.4) is 0 Å². The minimum absolute atomic E-state index is 0.190. The fraction of sp³-hybridized carbons (Fsp3) is 0.308. The third kappa shape index (κ3) is 2.85. The van der Waals surface area contributed by atoms with Crippen LogP contribution in [-0.4, -0.2) is 19.9 Å². The van der Waals surface area contributed by atoms with Crippen molar-refractivity contribution in [3.05, 3.63) is 40.2 Å². The molecule has 1 heterocycles. The van der Waals surface area contributed by atoms with Gasteiger partial charge in [0.15, 0.2) is 0 Å². The molecule has 0 saturated carbocycles. The number of fused-ring (bicyclic) bond motifs is 1. The molecule has 5 nitrogen and oxygen atoms in total. The van der Waals surface area contributed by atoms with E-state index < -0.39 is 10.0 Å². The first-order chi connectivity index (χ1) is 8.94. The predicted octanol–water partition coefficient (Wildman–Crippen LogP) is 1.52. The number of aromatic amines is 1. The number of sulfonamides is 1. The van der Waals surface area contributed by atoms with Gasteiger partial charge in [0.1, 0.15) is 0 Å². The zero-order valence-electron chi connectivity index (χ0n) is 10.9. The maximum absolute atomic E-state index is 12.0. The zero-order chi connectivity index (χ0) is 14.0. The second kappa shape index (κ2) is 5.14. The normalized spacial score (nSPS) is 11.9. The van der Waals surface area contributed by atoms with Gasteiger partial charge in [-0.05, 0) is 37.1 Å². The van der Waals surface area contributed by atoms with E-state index in [1.54, 1.807) is 19.1 Å². The largest absolute Gasteiger partial charge is 0.322 e. The highest BCUT2D eigenvalue weighted by Gasteiger charge is 2.14. The van der Waals surface area contributed by atoms with Crippen molar-refractivity contribution >= 4 is 20.9 Å². The summed E-state index contributed by atoms with van der Waals surface area (Å²) in [5.41, 5.74) is 1.20. The Balaban J connectivity index is 2.56. The number of nitrogens with one attached hydrogen (secondary N) is 2. The minimum Gasteiger partial charge on any atom is -0.322 e. The summed E-state index contributed by atoms with van der Waals surface area (Å²) in [7, 11) is -3.48. The van der Waals surface area contributed by atoms with E-state index in [4.69, 9.17) is 0 Å². The number of H-pyrrole nitrogens is 1. The van der Waals surface area contributed by atoms with E-state index in [0.717, 1.165) is 17.4 Å². The molecular weight excluding hydrogens is 264 g/mol. The third-order valence-corrected chi connectivity index (χ3v) is 4.33. The molecule has 0 unspecified atom stereocenters. The standard InChI is InChI=1S/C13H16N2O3S/c1-3-6-14-19(17,18)10-4-5-12-11(8-10)9(2)7-13(16)15-12/h4-5,7-8,14H,3,6H2,1-2H3,(H,15,16). The van der Waals surface area contributed by atoms with Crippen molar-refractivity contribution in [1.29, 1.82) is 0 Å². The molecule has 0 saturated heterocycles. The van der Waals surface area contributed by atoms with E-state index in [9.17, 15) is 13.2 Å². The van der Waals surface area contributed by atoms with Gasteiger partial charge in [-0.15, -0.1) is 0 Å². The van der Waals surface area contributed by atoms with E-state index in [0.29, 0.717) is 12.1 Å². The number of benzene rings is 1. The number of hydrogen-bond acceptors (Lipinski definition) is 3. The Labute approximate surface area is 111 Å². The van der Waals surface area contributed by atoms with E-state index >= 15 is 0 Å². The first kappa shape index (κ1) is 13.8. The van der Waals surface area contributed by atoms with Gasteiger partial charge in [0.25, 0.3) is 0 Å². The summed E-state index contributed by atoms with van der Waals surface area (Å²) in [4.78, 5) is 14.2. The molecule has 0 aliphatic carbocycles. The van der Waals surface area contributed by atoms with E-state index in [-0.39, 0.29) is 10.5 Å². The lowest BCUT2D eigenvalue weighted by molar-refractivity contribution is 0.581. The first-order valence-electron chi connectivity index (χ1n) is 6.07. The van der Waals surface area contributed by atoms with Crippen LogP contribution in [0.5, 0.6) is 0 Å². The smallest absolute Gasteiger partial charge is 0.248 e. The summed E-state index contributed by atoms with van der Waals surface area (Å²) in [5.74, 6) is 0. The summed E-state index contributed by atoms with van der Waals surface area (Å²) in [6.07, 6.45) is 0.735. The lowest BCUT2D eigenvalue weighted by Gasteiger charge is -2.08. The maximum Gasteiger partial charge on any atom is 0.248 e. The van der Waals surface area contributed by atoms with Gasteiger partial charge in [-0.1, -0.05) is 6.92 Å². The number of aromatic nitrogens is 1. The molecule has 0 bridgehead atoms. The molecule has 0 aliphatic rings. The molecular formula is C13H16N2O3S. The van der Waals surface area contributed by atoms with Crippen LogP contribution >= 0.6 is 0 Å². The van der Waals surface area contributed by atoms with Gasteiger partial charge in [0.05, 0.1) is 4.90 Å². The van der Waals surface area contributed by atoms with Crippen LogP contribution in [0.25, 0.3) is 10.9 Å². The lowest BCUT2D eigenvalue weighted by Crippen LogP contribution is -2.24. The lowest BCUT2D eigenvalue weighted by atomic mass is 10.1. The van der Waals surface area contributed by atoms with Gasteiger partial charge >= 0.3 is 0 Å². The van der Waals surface area contributed by atoms with Crippen molar-refractivity contribution in [3.8, 4) is 0 Å². The summed E-state index contributed by atoms with van der Waals surface area (Å²) in [6.45, 7) is 4.09. The van der Waals surface area contributed by atoms with Gasteiger partial charge in [-0.3, -0.25) is 4.79 Å². The van der Waals surface area contributed by atoms with Crippen LogP contribution in [-0.2, 0) is 10.0 Å². The van der Waals surface area contributed by atoms with Crippen LogP contribution in [0, 0.1) is 6.92 Å². The fourth-order valence-corrected chi connectivity index (χ4v) is 3.05. The highest BCUT2D eigenvalue weighted by atomic mass is 32.2. The highest BCUT2D eigenvalue weighted by Crippen LogP contribution is 2.19. The second-order valence-electron chi connectivity index (χ2n) is 4.42. The second-order valence-corrected chi connectivity index (χ2v) is 6.19. The molecule has 1 aromatic carbocycles. The SMILES string of the molecule is CCCNS(=O)(=O)c1ccc2[nH]c(=O)cc(C)c2c1. The Morgan fingerprint density at radius 2 is 2.00 bits per heavy atom. The van der Waals surface area contributed by atoms with E-state index in [1.807, 2.05) is 6.92 Å². The van der Waals surface area contributed by atoms with Gasteiger partial charge in [0.2, 0.25) is 15.6 Å². The molecule has 0 radical (unpaired) electrons. The fourth-order valence-electron chi connectivity index (χ4n) is 1.89. The molecule has 0 fully saturated rings. The van der Waals surface area contributed by atoms with Crippen LogP contribution in [0.4, 0.5) is 0 Å². The van der Waals surface area contributed by atoms with Crippen molar-refractivity contribution in [3.63, 3.8) is 0 Å². The van der Waals surface area contributed by atoms with Gasteiger partial charge in [-0.25, -0.2) is 13.1 Å². The molecule has 0 spiro atoms. The average Bonchev–Trinajstić information content (AvgIpc) is 2.35. The van der Waals surface area contributed by atoms with Crippen LogP contribution < -0.4 is 10.3 Å². The van der Waals surface area contributed by atoms with Gasteiger partial charge in [-0.2, -0.15) is 0 Å². The van der Waals surface area contributed by atoms with E-state index in [2.05, 4.69) is 9.71 Å². The summed E-state index contributed by atoms with van der Waals surface area (Å²) < 4.78 is 26.6. The van der Waals surface area contributed by atoms with Crippen molar-refractivity contribution in [2.45, 2.75) is 25.2 Å². The molecule has 19 heavy (non-hydrogen) atoms. The van der Waals surface area contributed by atoms with Crippen LogP contribution in [0.15, 0.2) is 34.0 Å². The quantitative estimate of drug-likeness (QED) is 0.891. The molecule has 102 valence electrons. The van der Waals surface area contributed by atoms with Crippen LogP contribution in [0.1, 0.15) is 18.9 Å².